The smallest absolute Gasteiger partial charge is 0.413 e. The first kappa shape index (κ1) is 13.2. The van der Waals surface area contributed by atoms with Crippen molar-refractivity contribution in [3.8, 4) is 0 Å². The SMILES string of the molecule is C/C=C/C(=O)OCCOC(=O)NC(C)=O. The van der Waals surface area contributed by atoms with Crippen molar-refractivity contribution in [3.63, 3.8) is 0 Å². The molecule has 15 heavy (non-hydrogen) atoms. The Kier molecular flexibility index (Phi) is 6.61. The van der Waals surface area contributed by atoms with Gasteiger partial charge in [-0.3, -0.25) is 10.1 Å². The monoisotopic (exact) mass is 215 g/mol. The third kappa shape index (κ3) is 8.48. The Morgan fingerprint density at radius 2 is 1.80 bits per heavy atom. The van der Waals surface area contributed by atoms with Gasteiger partial charge in [0.1, 0.15) is 13.2 Å². The minimum absolute atomic E-state index is 0.0471. The highest BCUT2D eigenvalue weighted by Gasteiger charge is 2.04. The van der Waals surface area contributed by atoms with Gasteiger partial charge in [-0.2, -0.15) is 0 Å². The van der Waals surface area contributed by atoms with Crippen molar-refractivity contribution in [2.24, 2.45) is 0 Å². The van der Waals surface area contributed by atoms with Crippen LogP contribution in [0.4, 0.5) is 4.79 Å². The van der Waals surface area contributed by atoms with Crippen LogP contribution in [-0.4, -0.2) is 31.2 Å². The van der Waals surface area contributed by atoms with Crippen LogP contribution in [0.15, 0.2) is 12.2 Å². The van der Waals surface area contributed by atoms with Crippen LogP contribution in [0, 0.1) is 0 Å². The first-order valence-electron chi connectivity index (χ1n) is 4.30. The molecule has 6 nitrogen and oxygen atoms in total. The van der Waals surface area contributed by atoms with Crippen molar-refractivity contribution in [2.75, 3.05) is 13.2 Å². The molecule has 2 amide bonds. The number of nitrogens with one attached hydrogen (secondary N) is 1. The summed E-state index contributed by atoms with van der Waals surface area (Å²) >= 11 is 0. The van der Waals surface area contributed by atoms with Crippen LogP contribution in [0.25, 0.3) is 0 Å². The Morgan fingerprint density at radius 1 is 1.20 bits per heavy atom. The number of imide groups is 1. The summed E-state index contributed by atoms with van der Waals surface area (Å²) < 4.78 is 9.13. The maximum atomic E-state index is 10.7. The van der Waals surface area contributed by atoms with E-state index in [0.29, 0.717) is 0 Å². The van der Waals surface area contributed by atoms with Gasteiger partial charge in [-0.1, -0.05) is 6.08 Å². The van der Waals surface area contributed by atoms with Gasteiger partial charge in [-0.05, 0) is 6.92 Å². The predicted octanol–water partition coefficient (Wildman–Crippen LogP) is 0.378. The number of ether oxygens (including phenoxy) is 2. The van der Waals surface area contributed by atoms with Gasteiger partial charge in [0.05, 0.1) is 0 Å². The first-order chi connectivity index (χ1) is 7.06. The Bertz CT molecular complexity index is 272. The van der Waals surface area contributed by atoms with Crippen LogP contribution in [0.1, 0.15) is 13.8 Å². The van der Waals surface area contributed by atoms with Crippen molar-refractivity contribution in [1.82, 2.24) is 5.32 Å². The fourth-order valence-corrected chi connectivity index (χ4v) is 0.641. The molecule has 0 aliphatic heterocycles. The molecule has 0 atom stereocenters. The number of alkyl carbamates (subject to hydrolysis) is 1. The molecule has 0 bridgehead atoms. The summed E-state index contributed by atoms with van der Waals surface area (Å²) in [7, 11) is 0. The van der Waals surface area contributed by atoms with Crippen molar-refractivity contribution < 1.29 is 23.9 Å². The Hall–Kier alpha value is -1.85. The normalized spacial score (nSPS) is 9.73. The molecule has 0 aromatic carbocycles. The second-order valence-electron chi connectivity index (χ2n) is 2.48. The number of rotatable bonds is 4. The van der Waals surface area contributed by atoms with Crippen LogP contribution in [0.5, 0.6) is 0 Å². The van der Waals surface area contributed by atoms with E-state index in [0.717, 1.165) is 0 Å². The molecule has 0 unspecified atom stereocenters. The number of carbonyl (C=O) groups is 3. The van der Waals surface area contributed by atoms with E-state index in [1.165, 1.54) is 19.1 Å². The first-order valence-corrected chi connectivity index (χ1v) is 4.30. The van der Waals surface area contributed by atoms with Crippen molar-refractivity contribution in [2.45, 2.75) is 13.8 Å². The molecule has 0 spiro atoms. The van der Waals surface area contributed by atoms with Crippen LogP contribution in [0.2, 0.25) is 0 Å². The lowest BCUT2D eigenvalue weighted by atomic mass is 10.5. The molecule has 0 aliphatic carbocycles. The predicted molar refractivity (Wildman–Crippen MR) is 50.9 cm³/mol. The van der Waals surface area contributed by atoms with Crippen LogP contribution in [-0.2, 0) is 19.1 Å². The third-order valence-corrected chi connectivity index (χ3v) is 1.14. The quantitative estimate of drug-likeness (QED) is 0.416. The molecule has 0 aliphatic rings. The number of esters is 1. The lowest BCUT2D eigenvalue weighted by molar-refractivity contribution is -0.138. The van der Waals surface area contributed by atoms with Crippen molar-refractivity contribution in [3.05, 3.63) is 12.2 Å². The summed E-state index contributed by atoms with van der Waals surface area (Å²) in [4.78, 5) is 31.8. The summed E-state index contributed by atoms with van der Waals surface area (Å²) in [5.41, 5.74) is 0. The molecule has 0 fully saturated rings. The fourth-order valence-electron chi connectivity index (χ4n) is 0.641. The fraction of sp³-hybridized carbons (Fsp3) is 0.444. The third-order valence-electron chi connectivity index (χ3n) is 1.14. The number of hydrogen-bond acceptors (Lipinski definition) is 5. The molecular weight excluding hydrogens is 202 g/mol. The summed E-state index contributed by atoms with van der Waals surface area (Å²) in [6, 6.07) is 0. The number of hydrogen-bond donors (Lipinski definition) is 1. The molecule has 0 saturated heterocycles. The van der Waals surface area contributed by atoms with Crippen LogP contribution < -0.4 is 5.32 Å². The zero-order valence-electron chi connectivity index (χ0n) is 8.61. The minimum Gasteiger partial charge on any atom is -0.459 e. The van der Waals surface area contributed by atoms with Gasteiger partial charge in [0.25, 0.3) is 0 Å². The van der Waals surface area contributed by atoms with Gasteiger partial charge in [0.2, 0.25) is 5.91 Å². The van der Waals surface area contributed by atoms with Gasteiger partial charge in [-0.25, -0.2) is 9.59 Å². The van der Waals surface area contributed by atoms with Gasteiger partial charge < -0.3 is 9.47 Å². The van der Waals surface area contributed by atoms with E-state index in [1.807, 2.05) is 5.32 Å². The van der Waals surface area contributed by atoms with E-state index >= 15 is 0 Å². The topological polar surface area (TPSA) is 81.7 Å². The molecule has 1 N–H and O–H groups in total. The zero-order valence-corrected chi connectivity index (χ0v) is 8.61. The number of carbonyl (C=O) groups excluding carboxylic acids is 3. The van der Waals surface area contributed by atoms with Gasteiger partial charge >= 0.3 is 12.1 Å². The van der Waals surface area contributed by atoms with Crippen molar-refractivity contribution in [1.29, 1.82) is 0 Å². The second-order valence-corrected chi connectivity index (χ2v) is 2.48. The van der Waals surface area contributed by atoms with Crippen LogP contribution in [0.3, 0.4) is 0 Å². The summed E-state index contributed by atoms with van der Waals surface area (Å²) in [5, 5.41) is 1.90. The average molecular weight is 215 g/mol. The highest BCUT2D eigenvalue weighted by Crippen LogP contribution is 1.84. The largest absolute Gasteiger partial charge is 0.459 e. The van der Waals surface area contributed by atoms with E-state index in [9.17, 15) is 14.4 Å². The highest BCUT2D eigenvalue weighted by molar-refractivity contribution is 5.90. The average Bonchev–Trinajstić information content (AvgIpc) is 2.12. The lowest BCUT2D eigenvalue weighted by Crippen LogP contribution is -2.29. The van der Waals surface area contributed by atoms with E-state index in [2.05, 4.69) is 9.47 Å². The van der Waals surface area contributed by atoms with Gasteiger partial charge in [0, 0.05) is 13.0 Å². The highest BCUT2D eigenvalue weighted by atomic mass is 16.6. The second kappa shape index (κ2) is 7.54. The summed E-state index contributed by atoms with van der Waals surface area (Å²) in [6.07, 6.45) is 1.92. The minimum atomic E-state index is -0.857. The van der Waals surface area contributed by atoms with E-state index in [4.69, 9.17) is 0 Å². The number of amides is 2. The molecular formula is C9H13NO5. The molecule has 0 radical (unpaired) electrons. The Labute approximate surface area is 87.2 Å². The maximum Gasteiger partial charge on any atom is 0.413 e. The molecule has 0 aromatic heterocycles. The maximum absolute atomic E-state index is 10.7. The summed E-state index contributed by atoms with van der Waals surface area (Å²) in [6.45, 7) is 2.72. The Morgan fingerprint density at radius 3 is 2.33 bits per heavy atom. The van der Waals surface area contributed by atoms with E-state index in [-0.39, 0.29) is 13.2 Å². The Balaban J connectivity index is 3.50. The molecule has 0 rings (SSSR count). The lowest BCUT2D eigenvalue weighted by Gasteiger charge is -2.04. The molecule has 0 aromatic rings. The zero-order chi connectivity index (χ0) is 11.7. The molecule has 0 saturated carbocycles. The van der Waals surface area contributed by atoms with Crippen molar-refractivity contribution >= 4 is 18.0 Å². The molecule has 0 heterocycles. The molecule has 6 heteroatoms. The van der Waals surface area contributed by atoms with Gasteiger partial charge in [-0.15, -0.1) is 0 Å². The van der Waals surface area contributed by atoms with E-state index < -0.39 is 18.0 Å². The molecule has 84 valence electrons. The van der Waals surface area contributed by atoms with Crippen LogP contribution >= 0.6 is 0 Å². The summed E-state index contributed by atoms with van der Waals surface area (Å²) in [5.74, 6) is -1.01. The van der Waals surface area contributed by atoms with E-state index in [1.54, 1.807) is 6.92 Å². The standard InChI is InChI=1S/C9H13NO5/c1-3-4-8(12)14-5-6-15-9(13)10-7(2)11/h3-4H,5-6H2,1-2H3,(H,10,11,13)/b4-3+. The number of allylic oxidation sites excluding steroid dienone is 1. The van der Waals surface area contributed by atoms with Gasteiger partial charge in [0.15, 0.2) is 0 Å².